The van der Waals surface area contributed by atoms with Gasteiger partial charge in [-0.25, -0.2) is 4.79 Å². The molecule has 1 saturated carbocycles. The lowest BCUT2D eigenvalue weighted by Gasteiger charge is -2.28. The van der Waals surface area contributed by atoms with Crippen LogP contribution in [-0.4, -0.2) is 34.1 Å². The summed E-state index contributed by atoms with van der Waals surface area (Å²) >= 11 is 0. The van der Waals surface area contributed by atoms with Crippen molar-refractivity contribution in [3.8, 4) is 28.5 Å². The highest BCUT2D eigenvalue weighted by molar-refractivity contribution is 5.83. The van der Waals surface area contributed by atoms with Crippen LogP contribution in [-0.2, 0) is 22.5 Å². The first kappa shape index (κ1) is 23.7. The molecule has 1 aromatic heterocycles. The Morgan fingerprint density at radius 2 is 1.62 bits per heavy atom. The molecule has 1 N–H and O–H groups in total. The fourth-order valence-corrected chi connectivity index (χ4v) is 4.93. The Balaban J connectivity index is 1.59. The minimum atomic E-state index is -0.915. The lowest BCUT2D eigenvalue weighted by Crippen LogP contribution is -2.23. The molecule has 34 heavy (non-hydrogen) atoms. The van der Waals surface area contributed by atoms with Gasteiger partial charge < -0.3 is 9.84 Å². The summed E-state index contributed by atoms with van der Waals surface area (Å²) in [5, 5.41) is 23.1. The number of benzene rings is 2. The number of carboxylic acids is 1. The maximum atomic E-state index is 10.7. The van der Waals surface area contributed by atoms with Crippen molar-refractivity contribution in [2.24, 2.45) is 11.8 Å². The van der Waals surface area contributed by atoms with E-state index in [0.29, 0.717) is 31.3 Å². The van der Waals surface area contributed by atoms with Crippen molar-refractivity contribution in [2.75, 3.05) is 13.2 Å². The molecule has 0 spiro atoms. The average Bonchev–Trinajstić information content (AvgIpc) is 3.22. The summed E-state index contributed by atoms with van der Waals surface area (Å²) in [6.07, 6.45) is 5.29. The van der Waals surface area contributed by atoms with Crippen molar-refractivity contribution in [2.45, 2.75) is 45.1 Å². The van der Waals surface area contributed by atoms with Gasteiger partial charge in [-0.2, -0.15) is 10.4 Å². The van der Waals surface area contributed by atoms with E-state index < -0.39 is 5.97 Å². The van der Waals surface area contributed by atoms with E-state index in [9.17, 15) is 10.1 Å². The van der Waals surface area contributed by atoms with Gasteiger partial charge in [-0.05, 0) is 43.1 Å². The van der Waals surface area contributed by atoms with Crippen molar-refractivity contribution < 1.29 is 14.6 Å². The van der Waals surface area contributed by atoms with Gasteiger partial charge in [0.25, 0.3) is 0 Å². The Kier molecular flexibility index (Phi) is 8.11. The standard InChI is InChI=1S/C28H31N3O3/c29-17-7-12-25-27(23-8-3-1-4-9-23)28(24-10-5-2-6-11-24)31(30-25)18-21-13-15-22(16-14-21)19-34-20-26(32)33/h1-6,8-11,21-22H,7,12-16,18-20H2,(H,32,33)/t21-,22+. The number of aryl methyl sites for hydroxylation is 1. The van der Waals surface area contributed by atoms with Crippen molar-refractivity contribution in [1.82, 2.24) is 9.78 Å². The second-order valence-electron chi connectivity index (χ2n) is 9.04. The smallest absolute Gasteiger partial charge is 0.329 e. The molecule has 0 amide bonds. The highest BCUT2D eigenvalue weighted by Crippen LogP contribution is 2.38. The minimum Gasteiger partial charge on any atom is -0.480 e. The summed E-state index contributed by atoms with van der Waals surface area (Å²) in [6.45, 7) is 1.13. The van der Waals surface area contributed by atoms with Gasteiger partial charge in [-0.3, -0.25) is 4.68 Å². The molecule has 0 bridgehead atoms. The summed E-state index contributed by atoms with van der Waals surface area (Å²) in [4.78, 5) is 10.7. The van der Waals surface area contributed by atoms with E-state index >= 15 is 0 Å². The quantitative estimate of drug-likeness (QED) is 0.429. The zero-order valence-electron chi connectivity index (χ0n) is 19.4. The number of carbonyl (C=O) groups is 1. The largest absolute Gasteiger partial charge is 0.480 e. The van der Waals surface area contributed by atoms with Gasteiger partial charge in [0.15, 0.2) is 0 Å². The van der Waals surface area contributed by atoms with Crippen LogP contribution in [0.25, 0.3) is 22.4 Å². The molecule has 1 fully saturated rings. The molecule has 1 aliphatic rings. The highest BCUT2D eigenvalue weighted by Gasteiger charge is 2.26. The number of hydrogen-bond donors (Lipinski definition) is 1. The molecule has 0 aliphatic heterocycles. The fraction of sp³-hybridized carbons (Fsp3) is 0.393. The van der Waals surface area contributed by atoms with E-state index in [1.807, 2.05) is 24.3 Å². The van der Waals surface area contributed by atoms with Gasteiger partial charge >= 0.3 is 5.97 Å². The van der Waals surface area contributed by atoms with Crippen molar-refractivity contribution in [3.63, 3.8) is 0 Å². The van der Waals surface area contributed by atoms with E-state index in [1.54, 1.807) is 0 Å². The zero-order chi connectivity index (χ0) is 23.8. The normalized spacial score (nSPS) is 17.9. The molecule has 4 rings (SSSR count). The molecule has 6 nitrogen and oxygen atoms in total. The molecule has 0 radical (unpaired) electrons. The number of aliphatic carboxylic acids is 1. The number of hydrogen-bond acceptors (Lipinski definition) is 4. The Morgan fingerprint density at radius 3 is 2.24 bits per heavy atom. The molecule has 0 saturated heterocycles. The Bertz CT molecular complexity index is 1110. The highest BCUT2D eigenvalue weighted by atomic mass is 16.5. The third-order valence-corrected chi connectivity index (χ3v) is 6.58. The summed E-state index contributed by atoms with van der Waals surface area (Å²) in [5.41, 5.74) is 5.47. The predicted octanol–water partition coefficient (Wildman–Crippen LogP) is 5.58. The van der Waals surface area contributed by atoms with Gasteiger partial charge in [0.05, 0.1) is 24.1 Å². The lowest BCUT2D eigenvalue weighted by atomic mass is 9.82. The summed E-state index contributed by atoms with van der Waals surface area (Å²) in [5.74, 6) is 0.0145. The first-order valence-electron chi connectivity index (χ1n) is 12.0. The third-order valence-electron chi connectivity index (χ3n) is 6.58. The molecule has 1 aliphatic carbocycles. The van der Waals surface area contributed by atoms with Crippen LogP contribution in [0.2, 0.25) is 0 Å². The monoisotopic (exact) mass is 457 g/mol. The molecular weight excluding hydrogens is 426 g/mol. The fourth-order valence-electron chi connectivity index (χ4n) is 4.93. The van der Waals surface area contributed by atoms with Crippen LogP contribution in [0.1, 0.15) is 37.8 Å². The number of carboxylic acid groups (broad SMARTS) is 1. The van der Waals surface area contributed by atoms with Crippen LogP contribution >= 0.6 is 0 Å². The predicted molar refractivity (Wildman–Crippen MR) is 131 cm³/mol. The first-order chi connectivity index (χ1) is 16.7. The van der Waals surface area contributed by atoms with Gasteiger partial charge in [-0.1, -0.05) is 60.7 Å². The number of aromatic nitrogens is 2. The van der Waals surface area contributed by atoms with E-state index in [1.165, 1.54) is 0 Å². The summed E-state index contributed by atoms with van der Waals surface area (Å²) in [6, 6.07) is 23.0. The molecule has 3 aromatic rings. The second kappa shape index (κ2) is 11.6. The molecule has 1 heterocycles. The number of nitrogens with zero attached hydrogens (tertiary/aromatic N) is 3. The summed E-state index contributed by atoms with van der Waals surface area (Å²) in [7, 11) is 0. The van der Waals surface area contributed by atoms with E-state index in [0.717, 1.165) is 60.3 Å². The third kappa shape index (κ3) is 5.92. The van der Waals surface area contributed by atoms with Gasteiger partial charge in [0, 0.05) is 30.5 Å². The molecule has 2 aromatic carbocycles. The van der Waals surface area contributed by atoms with Crippen LogP contribution in [0.5, 0.6) is 0 Å². The maximum Gasteiger partial charge on any atom is 0.329 e. The minimum absolute atomic E-state index is 0.221. The van der Waals surface area contributed by atoms with Crippen molar-refractivity contribution >= 4 is 5.97 Å². The molecular formula is C28H31N3O3. The van der Waals surface area contributed by atoms with E-state index in [4.69, 9.17) is 14.9 Å². The van der Waals surface area contributed by atoms with E-state index in [2.05, 4.69) is 47.1 Å². The number of ether oxygens (including phenoxy) is 1. The SMILES string of the molecule is N#CCCc1nn(C[C@H]2CC[C@@H](COCC(=O)O)CC2)c(-c2ccccc2)c1-c1ccccc1. The summed E-state index contributed by atoms with van der Waals surface area (Å²) < 4.78 is 7.49. The number of rotatable bonds is 10. The van der Waals surface area contributed by atoms with Gasteiger partial charge in [-0.15, -0.1) is 0 Å². The second-order valence-corrected chi connectivity index (χ2v) is 9.04. The van der Waals surface area contributed by atoms with E-state index in [-0.39, 0.29) is 6.61 Å². The van der Waals surface area contributed by atoms with Crippen LogP contribution in [0.15, 0.2) is 60.7 Å². The van der Waals surface area contributed by atoms with Crippen LogP contribution in [0.3, 0.4) is 0 Å². The van der Waals surface area contributed by atoms with Crippen molar-refractivity contribution in [1.29, 1.82) is 5.26 Å². The zero-order valence-corrected chi connectivity index (χ0v) is 19.4. The van der Waals surface area contributed by atoms with Crippen LogP contribution in [0.4, 0.5) is 0 Å². The van der Waals surface area contributed by atoms with Gasteiger partial charge in [0.2, 0.25) is 0 Å². The molecule has 176 valence electrons. The Labute approximate surface area is 200 Å². The molecule has 6 heteroatoms. The lowest BCUT2D eigenvalue weighted by molar-refractivity contribution is -0.142. The Hall–Kier alpha value is -3.43. The first-order valence-corrected chi connectivity index (χ1v) is 12.0. The maximum absolute atomic E-state index is 10.7. The van der Waals surface area contributed by atoms with Crippen LogP contribution in [0, 0.1) is 23.2 Å². The van der Waals surface area contributed by atoms with Crippen LogP contribution < -0.4 is 0 Å². The number of nitriles is 1. The van der Waals surface area contributed by atoms with Crippen molar-refractivity contribution in [3.05, 3.63) is 66.4 Å². The van der Waals surface area contributed by atoms with Gasteiger partial charge in [0.1, 0.15) is 6.61 Å². The Morgan fingerprint density at radius 1 is 1.00 bits per heavy atom. The molecule has 0 unspecified atom stereocenters. The topological polar surface area (TPSA) is 88.1 Å². The molecule has 0 atom stereocenters. The average molecular weight is 458 g/mol.